The summed E-state index contributed by atoms with van der Waals surface area (Å²) < 4.78 is 28.0. The van der Waals surface area contributed by atoms with Crippen LogP contribution in [0.2, 0.25) is 0 Å². The Kier molecular flexibility index (Phi) is 6.42. The fourth-order valence-electron chi connectivity index (χ4n) is 5.88. The molecule has 200 valence electrons. The third-order valence-corrected chi connectivity index (χ3v) is 8.38. The van der Waals surface area contributed by atoms with Crippen molar-refractivity contribution in [3.05, 3.63) is 71.4 Å². The van der Waals surface area contributed by atoms with Crippen LogP contribution in [-0.4, -0.2) is 65.9 Å². The van der Waals surface area contributed by atoms with E-state index >= 15 is 0 Å². The fourth-order valence-corrected chi connectivity index (χ4v) is 5.88. The third kappa shape index (κ3) is 4.69. The first kappa shape index (κ1) is 25.2. The van der Waals surface area contributed by atoms with E-state index in [1.165, 1.54) is 24.3 Å². The van der Waals surface area contributed by atoms with Gasteiger partial charge in [0.1, 0.15) is 11.6 Å². The van der Waals surface area contributed by atoms with Crippen LogP contribution in [-0.2, 0) is 10.2 Å². The van der Waals surface area contributed by atoms with Gasteiger partial charge in [-0.3, -0.25) is 14.6 Å². The standard InChI is InChI=1S/C30H29F2N5O2/c31-22-5-3-21(4-6-22)30(19-33)9-11-35(12-10-30)27-24-17-23(32)7-8-26(24)34-18-25(27)29(39)37-15-13-36(14-16-37)28(38)20-1-2-20/h3-8,17-18,20H,1-2,9-16H2. The maximum atomic E-state index is 14.4. The van der Waals surface area contributed by atoms with E-state index in [1.807, 2.05) is 9.80 Å². The van der Waals surface area contributed by atoms with E-state index in [1.54, 1.807) is 29.3 Å². The van der Waals surface area contributed by atoms with Crippen LogP contribution in [0.5, 0.6) is 0 Å². The maximum absolute atomic E-state index is 14.4. The van der Waals surface area contributed by atoms with Gasteiger partial charge in [-0.25, -0.2) is 8.78 Å². The lowest BCUT2D eigenvalue weighted by Crippen LogP contribution is -2.51. The Balaban J connectivity index is 1.29. The fraction of sp³-hybridized carbons (Fsp3) is 0.400. The molecule has 0 spiro atoms. The molecular weight excluding hydrogens is 500 g/mol. The lowest BCUT2D eigenvalue weighted by Gasteiger charge is -2.40. The molecule has 2 saturated heterocycles. The summed E-state index contributed by atoms with van der Waals surface area (Å²) in [5.41, 5.74) is 1.59. The number of carbonyl (C=O) groups is 2. The van der Waals surface area contributed by atoms with Gasteiger partial charge in [0.15, 0.2) is 0 Å². The number of amides is 2. The van der Waals surface area contributed by atoms with Gasteiger partial charge in [0, 0.05) is 56.8 Å². The number of fused-ring (bicyclic) bond motifs is 1. The molecule has 2 aliphatic heterocycles. The normalized spacial score (nSPS) is 19.2. The number of piperidine rings is 1. The molecule has 7 nitrogen and oxygen atoms in total. The van der Waals surface area contributed by atoms with Crippen LogP contribution >= 0.6 is 0 Å². The molecule has 3 aromatic rings. The number of hydrogen-bond donors (Lipinski definition) is 0. The van der Waals surface area contributed by atoms with Crippen LogP contribution in [0.3, 0.4) is 0 Å². The van der Waals surface area contributed by atoms with Crippen molar-refractivity contribution in [3.8, 4) is 6.07 Å². The second-order valence-electron chi connectivity index (χ2n) is 10.8. The van der Waals surface area contributed by atoms with Gasteiger partial charge in [0.2, 0.25) is 5.91 Å². The van der Waals surface area contributed by atoms with E-state index < -0.39 is 11.2 Å². The number of anilines is 1. The molecule has 0 unspecified atom stereocenters. The minimum absolute atomic E-state index is 0.146. The van der Waals surface area contributed by atoms with Crippen molar-refractivity contribution in [2.24, 2.45) is 5.92 Å². The van der Waals surface area contributed by atoms with Crippen LogP contribution in [0, 0.1) is 28.9 Å². The van der Waals surface area contributed by atoms with Gasteiger partial charge in [-0.15, -0.1) is 0 Å². The number of carbonyl (C=O) groups excluding carboxylic acids is 2. The van der Waals surface area contributed by atoms with Crippen LogP contribution in [0.4, 0.5) is 14.5 Å². The molecule has 0 N–H and O–H groups in total. The Morgan fingerprint density at radius 2 is 1.54 bits per heavy atom. The average molecular weight is 530 g/mol. The van der Waals surface area contributed by atoms with Crippen molar-refractivity contribution in [1.29, 1.82) is 5.26 Å². The van der Waals surface area contributed by atoms with Crippen molar-refractivity contribution in [3.63, 3.8) is 0 Å². The van der Waals surface area contributed by atoms with Crippen LogP contribution in [0.25, 0.3) is 10.9 Å². The van der Waals surface area contributed by atoms with Crippen molar-refractivity contribution in [2.75, 3.05) is 44.2 Å². The number of halogens is 2. The minimum atomic E-state index is -0.771. The summed E-state index contributed by atoms with van der Waals surface area (Å²) in [7, 11) is 0. The number of nitriles is 1. The Labute approximate surface area is 225 Å². The van der Waals surface area contributed by atoms with Gasteiger partial charge in [-0.1, -0.05) is 12.1 Å². The van der Waals surface area contributed by atoms with Gasteiger partial charge in [0.05, 0.1) is 28.3 Å². The Hall–Kier alpha value is -4.06. The summed E-state index contributed by atoms with van der Waals surface area (Å²) in [5.74, 6) is -0.639. The molecule has 0 radical (unpaired) electrons. The van der Waals surface area contributed by atoms with E-state index in [2.05, 4.69) is 11.1 Å². The van der Waals surface area contributed by atoms with Gasteiger partial charge in [-0.05, 0) is 61.6 Å². The SMILES string of the molecule is N#CC1(c2ccc(F)cc2)CCN(c2c(C(=O)N3CCN(C(=O)C4CC4)CC3)cnc3ccc(F)cc23)CC1. The summed E-state index contributed by atoms with van der Waals surface area (Å²) in [6, 6.07) is 12.9. The number of rotatable bonds is 4. The van der Waals surface area contributed by atoms with Gasteiger partial charge < -0.3 is 14.7 Å². The van der Waals surface area contributed by atoms with E-state index in [0.717, 1.165) is 18.4 Å². The van der Waals surface area contributed by atoms with E-state index in [0.29, 0.717) is 74.3 Å². The highest BCUT2D eigenvalue weighted by atomic mass is 19.1. The maximum Gasteiger partial charge on any atom is 0.257 e. The predicted octanol–water partition coefficient (Wildman–Crippen LogP) is 4.27. The Morgan fingerprint density at radius 3 is 2.18 bits per heavy atom. The summed E-state index contributed by atoms with van der Waals surface area (Å²) in [6.45, 7) is 2.78. The monoisotopic (exact) mass is 529 g/mol. The van der Waals surface area contributed by atoms with Crippen molar-refractivity contribution >= 4 is 28.4 Å². The molecule has 3 fully saturated rings. The largest absolute Gasteiger partial charge is 0.370 e. The second-order valence-corrected chi connectivity index (χ2v) is 10.8. The summed E-state index contributed by atoms with van der Waals surface area (Å²) >= 11 is 0. The molecule has 2 amide bonds. The predicted molar refractivity (Wildman–Crippen MR) is 142 cm³/mol. The molecule has 0 bridgehead atoms. The average Bonchev–Trinajstić information content (AvgIpc) is 3.82. The molecule has 3 heterocycles. The number of benzene rings is 2. The number of aromatic nitrogens is 1. The molecular formula is C30H29F2N5O2. The van der Waals surface area contributed by atoms with Gasteiger partial charge >= 0.3 is 0 Å². The van der Waals surface area contributed by atoms with Crippen LogP contribution in [0.1, 0.15) is 41.6 Å². The molecule has 0 atom stereocenters. The zero-order chi connectivity index (χ0) is 27.1. The molecule has 9 heteroatoms. The third-order valence-electron chi connectivity index (χ3n) is 8.38. The highest BCUT2D eigenvalue weighted by molar-refractivity contribution is 6.07. The van der Waals surface area contributed by atoms with E-state index in [4.69, 9.17) is 0 Å². The zero-order valence-corrected chi connectivity index (χ0v) is 21.6. The number of hydrogen-bond acceptors (Lipinski definition) is 5. The van der Waals surface area contributed by atoms with E-state index in [9.17, 15) is 23.6 Å². The summed E-state index contributed by atoms with van der Waals surface area (Å²) in [6.07, 6.45) is 4.41. The Morgan fingerprint density at radius 1 is 0.897 bits per heavy atom. The summed E-state index contributed by atoms with van der Waals surface area (Å²) in [5, 5.41) is 10.7. The smallest absolute Gasteiger partial charge is 0.257 e. The Bertz CT molecular complexity index is 1470. The first-order chi connectivity index (χ1) is 18.9. The quantitative estimate of drug-likeness (QED) is 0.504. The van der Waals surface area contributed by atoms with Crippen molar-refractivity contribution < 1.29 is 18.4 Å². The van der Waals surface area contributed by atoms with Crippen molar-refractivity contribution in [2.45, 2.75) is 31.1 Å². The molecule has 1 aromatic heterocycles. The minimum Gasteiger partial charge on any atom is -0.370 e. The molecule has 39 heavy (non-hydrogen) atoms. The lowest BCUT2D eigenvalue weighted by molar-refractivity contribution is -0.134. The molecule has 3 aliphatic rings. The van der Waals surface area contributed by atoms with Crippen LogP contribution < -0.4 is 4.90 Å². The first-order valence-electron chi connectivity index (χ1n) is 13.5. The van der Waals surface area contributed by atoms with Crippen molar-refractivity contribution in [1.82, 2.24) is 14.8 Å². The molecule has 6 rings (SSSR count). The number of piperazine rings is 1. The number of pyridine rings is 1. The molecule has 1 saturated carbocycles. The second kappa shape index (κ2) is 9.92. The summed E-state index contributed by atoms with van der Waals surface area (Å²) in [4.78, 5) is 36.4. The number of nitrogens with zero attached hydrogens (tertiary/aromatic N) is 5. The molecule has 2 aromatic carbocycles. The van der Waals surface area contributed by atoms with Gasteiger partial charge in [0.25, 0.3) is 5.91 Å². The topological polar surface area (TPSA) is 80.5 Å². The zero-order valence-electron chi connectivity index (χ0n) is 21.6. The van der Waals surface area contributed by atoms with Gasteiger partial charge in [-0.2, -0.15) is 5.26 Å². The lowest BCUT2D eigenvalue weighted by atomic mass is 9.74. The first-order valence-corrected chi connectivity index (χ1v) is 13.5. The van der Waals surface area contributed by atoms with Crippen LogP contribution in [0.15, 0.2) is 48.7 Å². The highest BCUT2D eigenvalue weighted by Gasteiger charge is 2.39. The molecule has 1 aliphatic carbocycles. The van der Waals surface area contributed by atoms with E-state index in [-0.39, 0.29) is 23.5 Å². The highest BCUT2D eigenvalue weighted by Crippen LogP contribution is 2.40.